The number of fused-ring (bicyclic) bond motifs is 1. The molecule has 27 heavy (non-hydrogen) atoms. The van der Waals surface area contributed by atoms with Gasteiger partial charge in [-0.15, -0.1) is 0 Å². The summed E-state index contributed by atoms with van der Waals surface area (Å²) in [7, 11) is 0. The second-order valence-electron chi connectivity index (χ2n) is 6.10. The topological polar surface area (TPSA) is 75.5 Å². The van der Waals surface area contributed by atoms with E-state index in [-0.39, 0.29) is 11.6 Å². The highest BCUT2D eigenvalue weighted by atomic mass is 19.1. The van der Waals surface area contributed by atoms with Crippen LogP contribution >= 0.6 is 0 Å². The van der Waals surface area contributed by atoms with Crippen molar-refractivity contribution in [2.75, 3.05) is 10.2 Å². The van der Waals surface area contributed by atoms with Crippen LogP contribution in [0.5, 0.6) is 0 Å². The zero-order chi connectivity index (χ0) is 19.0. The number of anilines is 2. The van der Waals surface area contributed by atoms with E-state index in [1.807, 2.05) is 12.1 Å². The predicted octanol–water partition coefficient (Wildman–Crippen LogP) is 4.51. The Balaban J connectivity index is 1.79. The van der Waals surface area contributed by atoms with Crippen molar-refractivity contribution in [1.29, 1.82) is 0 Å². The van der Waals surface area contributed by atoms with Gasteiger partial charge in [0.05, 0.1) is 16.3 Å². The molecule has 0 saturated heterocycles. The van der Waals surface area contributed by atoms with Crippen molar-refractivity contribution < 1.29 is 14.1 Å². The molecule has 3 aromatic carbocycles. The summed E-state index contributed by atoms with van der Waals surface area (Å²) >= 11 is 0. The largest absolute Gasteiger partial charge is 0.359 e. The fourth-order valence-corrected chi connectivity index (χ4v) is 3.16. The van der Waals surface area contributed by atoms with Crippen molar-refractivity contribution in [3.05, 3.63) is 99.9 Å². The second kappa shape index (κ2) is 6.53. The van der Waals surface area contributed by atoms with E-state index in [9.17, 15) is 19.3 Å². The average Bonchev–Trinajstić information content (AvgIpc) is 3.07. The monoisotopic (exact) mass is 363 g/mol. The quantitative estimate of drug-likeness (QED) is 0.549. The molecule has 1 aliphatic heterocycles. The Labute approximate surface area is 154 Å². The van der Waals surface area contributed by atoms with E-state index < -0.39 is 16.9 Å². The van der Waals surface area contributed by atoms with Gasteiger partial charge in [-0.1, -0.05) is 24.3 Å². The molecular formula is C20H14FN3O3. The lowest BCUT2D eigenvalue weighted by Crippen LogP contribution is -2.34. The van der Waals surface area contributed by atoms with Crippen LogP contribution in [-0.2, 0) is 0 Å². The molecule has 6 nitrogen and oxygen atoms in total. The Bertz CT molecular complexity index is 1040. The van der Waals surface area contributed by atoms with Crippen LogP contribution in [0, 0.1) is 15.9 Å². The fourth-order valence-electron chi connectivity index (χ4n) is 3.16. The molecule has 4 rings (SSSR count). The second-order valence-corrected chi connectivity index (χ2v) is 6.10. The first-order valence-corrected chi connectivity index (χ1v) is 8.23. The van der Waals surface area contributed by atoms with Gasteiger partial charge in [0.1, 0.15) is 12.0 Å². The maximum absolute atomic E-state index is 13.2. The first kappa shape index (κ1) is 16.7. The van der Waals surface area contributed by atoms with Crippen LogP contribution in [0.25, 0.3) is 0 Å². The highest BCUT2D eigenvalue weighted by Crippen LogP contribution is 2.42. The van der Waals surface area contributed by atoms with Crippen LogP contribution in [0.4, 0.5) is 21.5 Å². The number of non-ortho nitro benzene ring substituents is 1. The molecule has 1 aliphatic rings. The third kappa shape index (κ3) is 2.99. The number of benzene rings is 3. The Kier molecular flexibility index (Phi) is 4.04. The number of carbonyl (C=O) groups is 1. The number of nitrogens with zero attached hydrogens (tertiary/aromatic N) is 2. The lowest BCUT2D eigenvalue weighted by atomic mass is 10.1. The minimum Gasteiger partial charge on any atom is -0.359 e. The van der Waals surface area contributed by atoms with Gasteiger partial charge in [-0.3, -0.25) is 19.8 Å². The summed E-state index contributed by atoms with van der Waals surface area (Å²) in [6, 6.07) is 18.7. The van der Waals surface area contributed by atoms with E-state index in [0.29, 0.717) is 16.8 Å². The van der Waals surface area contributed by atoms with Crippen molar-refractivity contribution in [2.24, 2.45) is 0 Å². The summed E-state index contributed by atoms with van der Waals surface area (Å²) in [5.74, 6) is -0.759. The molecule has 1 heterocycles. The summed E-state index contributed by atoms with van der Waals surface area (Å²) in [4.78, 5) is 25.3. The summed E-state index contributed by atoms with van der Waals surface area (Å²) in [6.07, 6.45) is -0.611. The van der Waals surface area contributed by atoms with Crippen LogP contribution in [0.3, 0.4) is 0 Å². The summed E-state index contributed by atoms with van der Waals surface area (Å²) in [6.45, 7) is 0. The van der Waals surface area contributed by atoms with Gasteiger partial charge < -0.3 is 5.32 Å². The fraction of sp³-hybridized carbons (Fsp3) is 0.0500. The molecule has 0 aromatic heterocycles. The number of nitro benzene ring substituents is 1. The number of halogens is 1. The Hall–Kier alpha value is -3.74. The molecule has 0 spiro atoms. The molecule has 134 valence electrons. The Morgan fingerprint density at radius 1 is 1.04 bits per heavy atom. The smallest absolute Gasteiger partial charge is 0.269 e. The third-order valence-corrected chi connectivity index (χ3v) is 4.42. The van der Waals surface area contributed by atoms with E-state index >= 15 is 0 Å². The van der Waals surface area contributed by atoms with Crippen molar-refractivity contribution in [3.63, 3.8) is 0 Å². The van der Waals surface area contributed by atoms with Crippen LogP contribution in [0.15, 0.2) is 72.8 Å². The number of hydrogen-bond donors (Lipinski definition) is 1. The van der Waals surface area contributed by atoms with Crippen LogP contribution in [0.1, 0.15) is 22.1 Å². The van der Waals surface area contributed by atoms with E-state index in [4.69, 9.17) is 0 Å². The normalized spacial score (nSPS) is 15.1. The van der Waals surface area contributed by atoms with Gasteiger partial charge in [-0.2, -0.15) is 0 Å². The van der Waals surface area contributed by atoms with Crippen LogP contribution in [-0.4, -0.2) is 10.8 Å². The molecule has 0 radical (unpaired) electrons. The lowest BCUT2D eigenvalue weighted by Gasteiger charge is -2.25. The summed E-state index contributed by atoms with van der Waals surface area (Å²) < 4.78 is 13.2. The molecular weight excluding hydrogens is 349 g/mol. The van der Waals surface area contributed by atoms with E-state index in [2.05, 4.69) is 5.32 Å². The molecule has 3 aromatic rings. The van der Waals surface area contributed by atoms with E-state index in [1.165, 1.54) is 41.3 Å². The Morgan fingerprint density at radius 2 is 1.78 bits per heavy atom. The number of rotatable bonds is 3. The van der Waals surface area contributed by atoms with Gasteiger partial charge in [0.25, 0.3) is 11.6 Å². The molecule has 0 aliphatic carbocycles. The predicted molar refractivity (Wildman–Crippen MR) is 99.1 cm³/mol. The molecule has 1 unspecified atom stereocenters. The number of carbonyl (C=O) groups excluding carboxylic acids is 1. The maximum Gasteiger partial charge on any atom is 0.269 e. The molecule has 1 amide bonds. The van der Waals surface area contributed by atoms with Gasteiger partial charge in [0.2, 0.25) is 0 Å². The minimum absolute atomic E-state index is 0.0561. The molecule has 0 bridgehead atoms. The highest BCUT2D eigenvalue weighted by molar-refractivity contribution is 6.10. The molecule has 7 heteroatoms. The van der Waals surface area contributed by atoms with Crippen molar-refractivity contribution in [1.82, 2.24) is 0 Å². The van der Waals surface area contributed by atoms with Crippen LogP contribution < -0.4 is 10.2 Å². The Morgan fingerprint density at radius 3 is 2.52 bits per heavy atom. The van der Waals surface area contributed by atoms with Crippen LogP contribution in [0.2, 0.25) is 0 Å². The molecule has 1 N–H and O–H groups in total. The van der Waals surface area contributed by atoms with Crippen molar-refractivity contribution >= 4 is 23.0 Å². The number of nitro groups is 1. The minimum atomic E-state index is -0.611. The molecule has 0 saturated carbocycles. The van der Waals surface area contributed by atoms with Gasteiger partial charge >= 0.3 is 0 Å². The average molecular weight is 363 g/mol. The van der Waals surface area contributed by atoms with Crippen molar-refractivity contribution in [3.8, 4) is 0 Å². The molecule has 0 fully saturated rings. The summed E-state index contributed by atoms with van der Waals surface area (Å²) in [5, 5.41) is 14.4. The van der Waals surface area contributed by atoms with Gasteiger partial charge in [-0.25, -0.2) is 4.39 Å². The summed E-state index contributed by atoms with van der Waals surface area (Å²) in [5.41, 5.74) is 2.24. The molecule has 1 atom stereocenters. The third-order valence-electron chi connectivity index (χ3n) is 4.42. The maximum atomic E-state index is 13.2. The SMILES string of the molecule is O=C(c1ccc(F)cc1)N1c2ccccc2NC1c1cccc([N+](=O)[O-])c1. The number of amides is 1. The van der Waals surface area contributed by atoms with Gasteiger partial charge in [0.15, 0.2) is 0 Å². The zero-order valence-corrected chi connectivity index (χ0v) is 14.0. The van der Waals surface area contributed by atoms with E-state index in [1.54, 1.807) is 24.3 Å². The van der Waals surface area contributed by atoms with Crippen molar-refractivity contribution in [2.45, 2.75) is 6.17 Å². The van der Waals surface area contributed by atoms with E-state index in [0.717, 1.165) is 5.69 Å². The first-order valence-electron chi connectivity index (χ1n) is 8.23. The lowest BCUT2D eigenvalue weighted by molar-refractivity contribution is -0.384. The number of hydrogen-bond acceptors (Lipinski definition) is 4. The highest BCUT2D eigenvalue weighted by Gasteiger charge is 2.35. The number of nitrogens with one attached hydrogen (secondary N) is 1. The van der Waals surface area contributed by atoms with Gasteiger partial charge in [-0.05, 0) is 36.4 Å². The number of para-hydroxylation sites is 2. The zero-order valence-electron chi connectivity index (χ0n) is 14.0. The standard InChI is InChI=1S/C20H14FN3O3/c21-15-10-8-13(9-11-15)20(25)23-18-7-2-1-6-17(18)22-19(23)14-4-3-5-16(12-14)24(26)27/h1-12,19,22H. The van der Waals surface area contributed by atoms with Gasteiger partial charge in [0, 0.05) is 23.3 Å². The first-order chi connectivity index (χ1) is 13.0.